The highest BCUT2D eigenvalue weighted by Crippen LogP contribution is 2.38. The quantitative estimate of drug-likeness (QED) is 0.846. The van der Waals surface area contributed by atoms with Gasteiger partial charge in [0.15, 0.2) is 0 Å². The fraction of sp³-hybridized carbons (Fsp3) is 0.667. The van der Waals surface area contributed by atoms with Gasteiger partial charge in [0.25, 0.3) is 0 Å². The molecule has 0 aromatic carbocycles. The first kappa shape index (κ1) is 16.2. The topological polar surface area (TPSA) is 71.5 Å². The molecule has 1 amide bonds. The van der Waals surface area contributed by atoms with Crippen molar-refractivity contribution in [3.05, 3.63) is 23.9 Å². The standard InChI is InChI=1S/C18H26N2O3/c1-23-17-7-6-13(11-19-17)18(14-9-15(21)10-14)20-16(22)8-12-4-2-3-5-12/h6-7,11-12,14-15,18,21H,2-5,8-10H2,1H3,(H,20,22)/t14?,15?,18-/m1/s1. The number of methoxy groups -OCH3 is 1. The van der Waals surface area contributed by atoms with Crippen LogP contribution < -0.4 is 10.1 Å². The number of pyridine rings is 1. The molecular weight excluding hydrogens is 292 g/mol. The first-order valence-electron chi connectivity index (χ1n) is 8.63. The van der Waals surface area contributed by atoms with Gasteiger partial charge in [0.05, 0.1) is 19.3 Å². The Hall–Kier alpha value is -1.62. The molecule has 2 fully saturated rings. The maximum Gasteiger partial charge on any atom is 0.220 e. The van der Waals surface area contributed by atoms with Gasteiger partial charge >= 0.3 is 0 Å². The Kier molecular flexibility index (Phi) is 5.16. The molecule has 2 aliphatic carbocycles. The number of rotatable bonds is 6. The molecule has 1 aromatic rings. The van der Waals surface area contributed by atoms with Crippen molar-refractivity contribution in [2.45, 2.75) is 57.1 Å². The number of amides is 1. The molecule has 126 valence electrons. The summed E-state index contributed by atoms with van der Waals surface area (Å²) in [6.07, 6.45) is 8.46. The maximum atomic E-state index is 12.4. The predicted octanol–water partition coefficient (Wildman–Crippen LogP) is 2.60. The molecule has 2 saturated carbocycles. The average Bonchev–Trinajstić information content (AvgIpc) is 3.03. The number of hydrogen-bond donors (Lipinski definition) is 2. The Morgan fingerprint density at radius 1 is 1.39 bits per heavy atom. The van der Waals surface area contributed by atoms with Gasteiger partial charge in [0, 0.05) is 18.7 Å². The van der Waals surface area contributed by atoms with E-state index in [9.17, 15) is 9.90 Å². The summed E-state index contributed by atoms with van der Waals surface area (Å²) in [7, 11) is 1.59. The van der Waals surface area contributed by atoms with E-state index in [1.54, 1.807) is 13.3 Å². The van der Waals surface area contributed by atoms with Crippen LogP contribution in [0.15, 0.2) is 18.3 Å². The molecule has 5 nitrogen and oxygen atoms in total. The zero-order valence-corrected chi connectivity index (χ0v) is 13.7. The molecule has 1 atom stereocenters. The Morgan fingerprint density at radius 3 is 2.70 bits per heavy atom. The summed E-state index contributed by atoms with van der Waals surface area (Å²) >= 11 is 0. The minimum Gasteiger partial charge on any atom is -0.481 e. The third-order valence-electron chi connectivity index (χ3n) is 5.21. The Morgan fingerprint density at radius 2 is 2.13 bits per heavy atom. The minimum atomic E-state index is -0.236. The first-order valence-corrected chi connectivity index (χ1v) is 8.63. The average molecular weight is 318 g/mol. The van der Waals surface area contributed by atoms with Gasteiger partial charge in [-0.3, -0.25) is 4.79 Å². The van der Waals surface area contributed by atoms with E-state index in [1.165, 1.54) is 25.7 Å². The van der Waals surface area contributed by atoms with Crippen molar-refractivity contribution in [1.82, 2.24) is 10.3 Å². The smallest absolute Gasteiger partial charge is 0.220 e. The molecule has 3 rings (SSSR count). The summed E-state index contributed by atoms with van der Waals surface area (Å²) in [6.45, 7) is 0. The molecule has 1 heterocycles. The molecule has 0 unspecified atom stereocenters. The number of nitrogens with zero attached hydrogens (tertiary/aromatic N) is 1. The second kappa shape index (κ2) is 7.30. The molecule has 5 heteroatoms. The molecule has 0 saturated heterocycles. The molecule has 0 bridgehead atoms. The van der Waals surface area contributed by atoms with E-state index in [0.717, 1.165) is 18.4 Å². The summed E-state index contributed by atoms with van der Waals surface area (Å²) in [6, 6.07) is 3.71. The number of aliphatic hydroxyl groups is 1. The molecule has 2 aliphatic rings. The van der Waals surface area contributed by atoms with Gasteiger partial charge in [0.1, 0.15) is 0 Å². The van der Waals surface area contributed by atoms with Crippen LogP contribution in [0.4, 0.5) is 0 Å². The second-order valence-electron chi connectivity index (χ2n) is 6.92. The largest absolute Gasteiger partial charge is 0.481 e. The fourth-order valence-electron chi connectivity index (χ4n) is 3.78. The SMILES string of the molecule is COc1ccc([C@@H](NC(=O)CC2CCCC2)C2CC(O)C2)cn1. The summed E-state index contributed by atoms with van der Waals surface area (Å²) < 4.78 is 5.10. The van der Waals surface area contributed by atoms with Crippen molar-refractivity contribution in [1.29, 1.82) is 0 Å². The first-order chi connectivity index (χ1) is 11.2. The highest BCUT2D eigenvalue weighted by atomic mass is 16.5. The fourth-order valence-corrected chi connectivity index (χ4v) is 3.78. The molecule has 0 aliphatic heterocycles. The van der Waals surface area contributed by atoms with E-state index in [4.69, 9.17) is 4.74 Å². The number of aromatic nitrogens is 1. The number of nitrogens with one attached hydrogen (secondary N) is 1. The molecule has 2 N–H and O–H groups in total. The Balaban J connectivity index is 1.66. The lowest BCUT2D eigenvalue weighted by atomic mass is 9.75. The van der Waals surface area contributed by atoms with E-state index < -0.39 is 0 Å². The van der Waals surface area contributed by atoms with Crippen LogP contribution in [0.5, 0.6) is 5.88 Å². The van der Waals surface area contributed by atoms with E-state index in [2.05, 4.69) is 10.3 Å². The normalized spacial score (nSPS) is 25.7. The van der Waals surface area contributed by atoms with Crippen LogP contribution in [0, 0.1) is 11.8 Å². The van der Waals surface area contributed by atoms with Gasteiger partial charge in [-0.15, -0.1) is 0 Å². The molecule has 0 radical (unpaired) electrons. The Labute approximate surface area is 137 Å². The number of aliphatic hydroxyl groups excluding tert-OH is 1. The third kappa shape index (κ3) is 4.02. The van der Waals surface area contributed by atoms with E-state index in [0.29, 0.717) is 18.2 Å². The van der Waals surface area contributed by atoms with Crippen LogP contribution in [-0.4, -0.2) is 29.2 Å². The minimum absolute atomic E-state index is 0.0642. The van der Waals surface area contributed by atoms with Crippen LogP contribution in [0.2, 0.25) is 0 Å². The van der Waals surface area contributed by atoms with Crippen molar-refractivity contribution in [2.75, 3.05) is 7.11 Å². The summed E-state index contributed by atoms with van der Waals surface area (Å²) in [5.41, 5.74) is 0.988. The lowest BCUT2D eigenvalue weighted by Crippen LogP contribution is -2.41. The third-order valence-corrected chi connectivity index (χ3v) is 5.21. The van der Waals surface area contributed by atoms with Crippen molar-refractivity contribution in [2.24, 2.45) is 11.8 Å². The van der Waals surface area contributed by atoms with E-state index in [-0.39, 0.29) is 24.0 Å². The lowest BCUT2D eigenvalue weighted by molar-refractivity contribution is -0.124. The summed E-state index contributed by atoms with van der Waals surface area (Å²) in [5, 5.41) is 12.8. The predicted molar refractivity (Wildman–Crippen MR) is 87.0 cm³/mol. The van der Waals surface area contributed by atoms with Gasteiger partial charge < -0.3 is 15.2 Å². The van der Waals surface area contributed by atoms with Crippen LogP contribution >= 0.6 is 0 Å². The van der Waals surface area contributed by atoms with E-state index in [1.807, 2.05) is 12.1 Å². The molecule has 23 heavy (non-hydrogen) atoms. The summed E-state index contributed by atoms with van der Waals surface area (Å²) in [5.74, 6) is 1.52. The highest BCUT2D eigenvalue weighted by Gasteiger charge is 2.36. The van der Waals surface area contributed by atoms with Crippen molar-refractivity contribution >= 4 is 5.91 Å². The van der Waals surface area contributed by atoms with Crippen molar-refractivity contribution in [3.8, 4) is 5.88 Å². The lowest BCUT2D eigenvalue weighted by Gasteiger charge is -2.38. The zero-order valence-electron chi connectivity index (χ0n) is 13.7. The number of carbonyl (C=O) groups is 1. The molecule has 1 aromatic heterocycles. The second-order valence-corrected chi connectivity index (χ2v) is 6.92. The van der Waals surface area contributed by atoms with Crippen LogP contribution in [0.3, 0.4) is 0 Å². The van der Waals surface area contributed by atoms with E-state index >= 15 is 0 Å². The van der Waals surface area contributed by atoms with Crippen molar-refractivity contribution in [3.63, 3.8) is 0 Å². The maximum absolute atomic E-state index is 12.4. The van der Waals surface area contributed by atoms with Crippen LogP contribution in [-0.2, 0) is 4.79 Å². The van der Waals surface area contributed by atoms with Gasteiger partial charge in [0.2, 0.25) is 11.8 Å². The van der Waals surface area contributed by atoms with Gasteiger partial charge in [-0.05, 0) is 43.1 Å². The highest BCUT2D eigenvalue weighted by molar-refractivity contribution is 5.76. The number of ether oxygens (including phenoxy) is 1. The number of hydrogen-bond acceptors (Lipinski definition) is 4. The summed E-state index contributed by atoms with van der Waals surface area (Å²) in [4.78, 5) is 16.7. The van der Waals surface area contributed by atoms with Gasteiger partial charge in [-0.2, -0.15) is 0 Å². The zero-order chi connectivity index (χ0) is 16.2. The number of carbonyl (C=O) groups excluding carboxylic acids is 1. The van der Waals surface area contributed by atoms with Crippen molar-refractivity contribution < 1.29 is 14.6 Å². The van der Waals surface area contributed by atoms with Gasteiger partial charge in [-0.1, -0.05) is 18.9 Å². The monoisotopic (exact) mass is 318 g/mol. The molecular formula is C18H26N2O3. The Bertz CT molecular complexity index is 520. The molecule has 0 spiro atoms. The van der Waals surface area contributed by atoms with Crippen LogP contribution in [0.1, 0.15) is 56.6 Å². The van der Waals surface area contributed by atoms with Crippen LogP contribution in [0.25, 0.3) is 0 Å². The van der Waals surface area contributed by atoms with Gasteiger partial charge in [-0.25, -0.2) is 4.98 Å².